The van der Waals surface area contributed by atoms with Crippen molar-refractivity contribution in [3.05, 3.63) is 24.3 Å². The van der Waals surface area contributed by atoms with Gasteiger partial charge in [0.05, 0.1) is 27.7 Å². The van der Waals surface area contributed by atoms with Gasteiger partial charge in [0.2, 0.25) is 0 Å². The van der Waals surface area contributed by atoms with E-state index in [0.717, 1.165) is 57.8 Å². The minimum Gasteiger partial charge on any atom is -0.756 e. The number of esters is 2. The highest BCUT2D eigenvalue weighted by atomic mass is 31.2. The SMILES string of the molecule is CCCCCC/C=C/C=C/CCCCCCCC(=O)O[C@H](COC(=O)CCCCCCCCCC)COP(=O)([O-])OCC[N+](C)(C)C. The maximum atomic E-state index is 12.6. The summed E-state index contributed by atoms with van der Waals surface area (Å²) in [7, 11) is 1.15. The van der Waals surface area contributed by atoms with Crippen molar-refractivity contribution < 1.29 is 42.1 Å². The standard InChI is InChI=1S/C37H70NO8P/c1-6-8-10-12-14-16-17-18-19-20-21-22-24-26-28-30-37(40)46-35(34-45-47(41,42)44-32-31-38(3,4)5)33-43-36(39)29-27-25-23-15-13-11-9-7-2/h16-19,35H,6-15,20-34H2,1-5H3/b17-16+,19-18+/t35-/m1/s1. The first-order chi connectivity index (χ1) is 22.5. The molecule has 2 atom stereocenters. The molecule has 10 heteroatoms. The molecule has 0 saturated heterocycles. The Hall–Kier alpha value is -1.51. The maximum Gasteiger partial charge on any atom is 0.306 e. The largest absolute Gasteiger partial charge is 0.756 e. The molecule has 0 amide bonds. The van der Waals surface area contributed by atoms with Crippen molar-refractivity contribution in [1.82, 2.24) is 0 Å². The van der Waals surface area contributed by atoms with Crippen molar-refractivity contribution in [3.63, 3.8) is 0 Å². The summed E-state index contributed by atoms with van der Waals surface area (Å²) in [6.07, 6.45) is 29.3. The number of hydrogen-bond acceptors (Lipinski definition) is 8. The Bertz CT molecular complexity index is 871. The van der Waals surface area contributed by atoms with Crippen molar-refractivity contribution in [2.75, 3.05) is 47.5 Å². The summed E-state index contributed by atoms with van der Waals surface area (Å²) >= 11 is 0. The molecule has 0 aliphatic heterocycles. The number of unbranched alkanes of at least 4 members (excludes halogenated alkanes) is 16. The van der Waals surface area contributed by atoms with Crippen LogP contribution in [0.2, 0.25) is 0 Å². The fraction of sp³-hybridized carbons (Fsp3) is 0.838. The number of likely N-dealkylation sites (N-methyl/N-ethyl adjacent to an activating group) is 1. The molecule has 0 bridgehead atoms. The maximum absolute atomic E-state index is 12.6. The van der Waals surface area contributed by atoms with Crippen LogP contribution in [0.3, 0.4) is 0 Å². The molecule has 0 N–H and O–H groups in total. The van der Waals surface area contributed by atoms with E-state index in [4.69, 9.17) is 18.5 Å². The zero-order chi connectivity index (χ0) is 35.1. The average molecular weight is 688 g/mol. The van der Waals surface area contributed by atoms with Crippen LogP contribution in [0.4, 0.5) is 0 Å². The van der Waals surface area contributed by atoms with Gasteiger partial charge in [-0.1, -0.05) is 122 Å². The van der Waals surface area contributed by atoms with Gasteiger partial charge < -0.3 is 27.9 Å². The Morgan fingerprint density at radius 2 is 1.13 bits per heavy atom. The third-order valence-corrected chi connectivity index (χ3v) is 8.72. The summed E-state index contributed by atoms with van der Waals surface area (Å²) in [6, 6.07) is 0. The van der Waals surface area contributed by atoms with Crippen LogP contribution in [0.5, 0.6) is 0 Å². The highest BCUT2D eigenvalue weighted by molar-refractivity contribution is 7.45. The molecule has 0 aromatic carbocycles. The number of carbonyl (C=O) groups is 2. The molecular formula is C37H70NO8P. The first kappa shape index (κ1) is 45.5. The van der Waals surface area contributed by atoms with Gasteiger partial charge >= 0.3 is 11.9 Å². The molecule has 276 valence electrons. The van der Waals surface area contributed by atoms with Crippen molar-refractivity contribution in [3.8, 4) is 0 Å². The van der Waals surface area contributed by atoms with Gasteiger partial charge in [0.1, 0.15) is 19.8 Å². The van der Waals surface area contributed by atoms with Crippen LogP contribution < -0.4 is 4.89 Å². The number of carbonyl (C=O) groups excluding carboxylic acids is 2. The minimum atomic E-state index is -4.61. The molecule has 0 fully saturated rings. The van der Waals surface area contributed by atoms with Crippen LogP contribution in [0.25, 0.3) is 0 Å². The summed E-state index contributed by atoms with van der Waals surface area (Å²) in [5.41, 5.74) is 0. The zero-order valence-electron chi connectivity index (χ0n) is 30.7. The summed E-state index contributed by atoms with van der Waals surface area (Å²) in [4.78, 5) is 37.2. The Labute approximate surface area is 288 Å². The van der Waals surface area contributed by atoms with Crippen LogP contribution in [0.15, 0.2) is 24.3 Å². The molecule has 0 aromatic rings. The van der Waals surface area contributed by atoms with Crippen LogP contribution in [0, 0.1) is 0 Å². The zero-order valence-corrected chi connectivity index (χ0v) is 31.6. The predicted molar refractivity (Wildman–Crippen MR) is 190 cm³/mol. The number of quaternary nitrogens is 1. The average Bonchev–Trinajstić information content (AvgIpc) is 3.01. The molecule has 0 heterocycles. The summed E-state index contributed by atoms with van der Waals surface area (Å²) in [6.45, 7) is 4.13. The van der Waals surface area contributed by atoms with E-state index in [2.05, 4.69) is 38.2 Å². The van der Waals surface area contributed by atoms with Gasteiger partial charge in [-0.3, -0.25) is 14.2 Å². The number of nitrogens with zero attached hydrogens (tertiary/aromatic N) is 1. The van der Waals surface area contributed by atoms with Gasteiger partial charge in [-0.15, -0.1) is 0 Å². The van der Waals surface area contributed by atoms with Gasteiger partial charge in [0.25, 0.3) is 7.82 Å². The predicted octanol–water partition coefficient (Wildman–Crippen LogP) is 8.99. The number of rotatable bonds is 33. The molecule has 0 spiro atoms. The van der Waals surface area contributed by atoms with E-state index in [0.29, 0.717) is 17.4 Å². The summed E-state index contributed by atoms with van der Waals surface area (Å²) < 4.78 is 33.6. The molecule has 0 rings (SSSR count). The molecule has 0 radical (unpaired) electrons. The van der Waals surface area contributed by atoms with Gasteiger partial charge in [-0.05, 0) is 38.5 Å². The van der Waals surface area contributed by atoms with E-state index >= 15 is 0 Å². The third-order valence-electron chi connectivity index (χ3n) is 7.75. The minimum absolute atomic E-state index is 0.0329. The van der Waals surface area contributed by atoms with E-state index in [9.17, 15) is 19.0 Å². The highest BCUT2D eigenvalue weighted by Gasteiger charge is 2.21. The quantitative estimate of drug-likeness (QED) is 0.0221. The number of phosphoric ester groups is 1. The van der Waals surface area contributed by atoms with Crippen LogP contribution in [-0.4, -0.2) is 70.0 Å². The Kier molecular flexibility index (Phi) is 29.6. The lowest BCUT2D eigenvalue weighted by atomic mass is 10.1. The van der Waals surface area contributed by atoms with Crippen LogP contribution in [0.1, 0.15) is 149 Å². The van der Waals surface area contributed by atoms with Crippen molar-refractivity contribution in [2.45, 2.75) is 155 Å². The van der Waals surface area contributed by atoms with E-state index < -0.39 is 32.5 Å². The molecule has 1 unspecified atom stereocenters. The normalized spacial score (nSPS) is 14.1. The fourth-order valence-electron chi connectivity index (χ4n) is 4.76. The van der Waals surface area contributed by atoms with E-state index in [1.165, 1.54) is 57.8 Å². The smallest absolute Gasteiger partial charge is 0.306 e. The van der Waals surface area contributed by atoms with Gasteiger partial charge in [0.15, 0.2) is 6.10 Å². The number of phosphoric acid groups is 1. The molecule has 0 aliphatic carbocycles. The second-order valence-electron chi connectivity index (χ2n) is 13.6. The van der Waals surface area contributed by atoms with Gasteiger partial charge in [-0.2, -0.15) is 0 Å². The third kappa shape index (κ3) is 34.2. The van der Waals surface area contributed by atoms with E-state index in [1.54, 1.807) is 0 Å². The van der Waals surface area contributed by atoms with Crippen molar-refractivity contribution in [1.29, 1.82) is 0 Å². The first-order valence-corrected chi connectivity index (χ1v) is 20.0. The Morgan fingerprint density at radius 1 is 0.660 bits per heavy atom. The highest BCUT2D eigenvalue weighted by Crippen LogP contribution is 2.38. The Balaban J connectivity index is 4.46. The monoisotopic (exact) mass is 687 g/mol. The summed E-state index contributed by atoms with van der Waals surface area (Å²) in [5.74, 6) is -0.858. The van der Waals surface area contributed by atoms with Crippen molar-refractivity contribution >= 4 is 19.8 Å². The molecule has 0 aromatic heterocycles. The second-order valence-corrected chi connectivity index (χ2v) is 15.0. The van der Waals surface area contributed by atoms with E-state index in [1.807, 2.05) is 21.1 Å². The summed E-state index contributed by atoms with van der Waals surface area (Å²) in [5, 5.41) is 0. The molecular weight excluding hydrogens is 617 g/mol. The van der Waals surface area contributed by atoms with Crippen molar-refractivity contribution in [2.24, 2.45) is 0 Å². The topological polar surface area (TPSA) is 111 Å². The van der Waals surface area contributed by atoms with Gasteiger partial charge in [-0.25, -0.2) is 0 Å². The Morgan fingerprint density at radius 3 is 1.66 bits per heavy atom. The second kappa shape index (κ2) is 30.5. The molecule has 0 saturated carbocycles. The number of allylic oxidation sites excluding steroid dienone is 4. The lowest BCUT2D eigenvalue weighted by Gasteiger charge is -2.28. The number of hydrogen-bond donors (Lipinski definition) is 0. The lowest BCUT2D eigenvalue weighted by Crippen LogP contribution is -2.37. The lowest BCUT2D eigenvalue weighted by molar-refractivity contribution is -0.870. The van der Waals surface area contributed by atoms with Crippen LogP contribution in [-0.2, 0) is 32.7 Å². The molecule has 0 aliphatic rings. The fourth-order valence-corrected chi connectivity index (χ4v) is 5.49. The first-order valence-electron chi connectivity index (χ1n) is 18.6. The van der Waals surface area contributed by atoms with Crippen LogP contribution >= 0.6 is 7.82 Å². The van der Waals surface area contributed by atoms with Gasteiger partial charge in [0, 0.05) is 12.8 Å². The van der Waals surface area contributed by atoms with E-state index in [-0.39, 0.29) is 26.1 Å². The molecule has 47 heavy (non-hydrogen) atoms. The molecule has 9 nitrogen and oxygen atoms in total. The number of ether oxygens (including phenoxy) is 2.